The second-order valence-electron chi connectivity index (χ2n) is 10.4. The van der Waals surface area contributed by atoms with E-state index < -0.39 is 5.97 Å². The fourth-order valence-corrected chi connectivity index (χ4v) is 5.24. The van der Waals surface area contributed by atoms with E-state index in [1.54, 1.807) is 50.3 Å². The minimum atomic E-state index is -1.06. The molecule has 3 N–H and O–H groups in total. The topological polar surface area (TPSA) is 102 Å². The fourth-order valence-electron chi connectivity index (χ4n) is 5.24. The van der Waals surface area contributed by atoms with Crippen molar-refractivity contribution in [2.75, 3.05) is 47.8 Å². The largest absolute Gasteiger partial charge is 0.477 e. The molecule has 39 heavy (non-hydrogen) atoms. The van der Waals surface area contributed by atoms with Crippen LogP contribution < -0.4 is 5.73 Å². The normalized spacial score (nSPS) is 19.6. The van der Waals surface area contributed by atoms with Gasteiger partial charge in [0, 0.05) is 46.5 Å². The molecule has 0 saturated carbocycles. The molecule has 2 aliphatic heterocycles. The van der Waals surface area contributed by atoms with Gasteiger partial charge in [0.1, 0.15) is 5.70 Å². The predicted octanol–water partition coefficient (Wildman–Crippen LogP) is 3.82. The number of nitrogens with two attached hydrogens (primary N) is 1. The summed E-state index contributed by atoms with van der Waals surface area (Å²) < 4.78 is 0. The van der Waals surface area contributed by atoms with Gasteiger partial charge in [-0.15, -0.1) is 0 Å². The minimum absolute atomic E-state index is 0.0225. The Labute approximate surface area is 232 Å². The molecule has 2 aliphatic rings. The van der Waals surface area contributed by atoms with Crippen molar-refractivity contribution in [3.05, 3.63) is 94.4 Å². The van der Waals surface area contributed by atoms with E-state index in [1.165, 1.54) is 11.1 Å². The summed E-state index contributed by atoms with van der Waals surface area (Å²) in [5.41, 5.74) is 11.1. The number of benzene rings is 1. The van der Waals surface area contributed by atoms with Gasteiger partial charge < -0.3 is 20.6 Å². The quantitative estimate of drug-likeness (QED) is 0.371. The average Bonchev–Trinajstić information content (AvgIpc) is 2.89. The standard InChI is InChI=1S/C31H41N5O3/c1-21(19-22(2)26(13-16-33-3)28-12-11-27(32)29(31(38)39)35(28)6)20-36-17-14-24(15-18-36)23-7-9-25(10-8-23)30(37)34(4)5/h7-13,16,19,24,28H,2,14-15,17-18,20,32H2,1,3-6H3,(H,38,39)/b21-19+,26-13+,33-16?. The van der Waals surface area contributed by atoms with Gasteiger partial charge in [-0.3, -0.25) is 14.7 Å². The minimum Gasteiger partial charge on any atom is -0.477 e. The van der Waals surface area contributed by atoms with Gasteiger partial charge in [-0.2, -0.15) is 0 Å². The van der Waals surface area contributed by atoms with Gasteiger partial charge in [0.25, 0.3) is 5.91 Å². The van der Waals surface area contributed by atoms with Crippen LogP contribution in [-0.2, 0) is 4.79 Å². The first-order valence-corrected chi connectivity index (χ1v) is 13.2. The highest BCUT2D eigenvalue weighted by Gasteiger charge is 2.28. The van der Waals surface area contributed by atoms with E-state index >= 15 is 0 Å². The molecular weight excluding hydrogens is 490 g/mol. The molecule has 0 bridgehead atoms. The molecule has 0 aliphatic carbocycles. The summed E-state index contributed by atoms with van der Waals surface area (Å²) in [5.74, 6) is -0.551. The Balaban J connectivity index is 1.63. The average molecular weight is 532 g/mol. The molecule has 1 aromatic rings. The Hall–Kier alpha value is -3.91. The molecule has 1 amide bonds. The molecule has 208 valence electrons. The molecule has 2 heterocycles. The van der Waals surface area contributed by atoms with E-state index in [0.29, 0.717) is 5.92 Å². The number of carbonyl (C=O) groups is 2. The van der Waals surface area contributed by atoms with E-state index in [2.05, 4.69) is 41.6 Å². The van der Waals surface area contributed by atoms with Gasteiger partial charge in [-0.1, -0.05) is 36.4 Å². The number of carboxylic acid groups (broad SMARTS) is 1. The summed E-state index contributed by atoms with van der Waals surface area (Å²) >= 11 is 0. The van der Waals surface area contributed by atoms with Crippen LogP contribution >= 0.6 is 0 Å². The highest BCUT2D eigenvalue weighted by Crippen LogP contribution is 2.30. The third-order valence-electron chi connectivity index (χ3n) is 7.31. The number of likely N-dealkylation sites (tertiary alicyclic amines) is 1. The molecule has 0 aromatic heterocycles. The SMILES string of the molecule is C=C(/C=C(\C)CN1CCC(c2ccc(C(=O)N(C)C)cc2)CC1)/C(=C\C=NC)C1C=CC(N)=C(C(=O)O)N1C. The molecule has 3 rings (SSSR count). The molecule has 1 aromatic carbocycles. The van der Waals surface area contributed by atoms with Crippen molar-refractivity contribution in [3.63, 3.8) is 0 Å². The Morgan fingerprint density at radius 1 is 1.21 bits per heavy atom. The summed E-state index contributed by atoms with van der Waals surface area (Å²) in [6, 6.07) is 7.72. The van der Waals surface area contributed by atoms with Gasteiger partial charge in [-0.05, 0) is 79.8 Å². The summed E-state index contributed by atoms with van der Waals surface area (Å²) in [7, 11) is 6.95. The Morgan fingerprint density at radius 3 is 2.41 bits per heavy atom. The van der Waals surface area contributed by atoms with E-state index in [4.69, 9.17) is 5.73 Å². The first kappa shape index (κ1) is 29.6. The number of nitrogens with zero attached hydrogens (tertiary/aromatic N) is 4. The van der Waals surface area contributed by atoms with Crippen LogP contribution in [0.2, 0.25) is 0 Å². The highest BCUT2D eigenvalue weighted by molar-refractivity contribution is 5.93. The van der Waals surface area contributed by atoms with Gasteiger partial charge in [0.15, 0.2) is 0 Å². The molecule has 1 unspecified atom stereocenters. The number of rotatable bonds is 9. The molecule has 0 radical (unpaired) electrons. The van der Waals surface area contributed by atoms with Gasteiger partial charge >= 0.3 is 5.97 Å². The highest BCUT2D eigenvalue weighted by atomic mass is 16.4. The number of aliphatic carboxylic acids is 1. The molecule has 1 atom stereocenters. The van der Waals surface area contributed by atoms with Crippen molar-refractivity contribution in [3.8, 4) is 0 Å². The third kappa shape index (κ3) is 7.35. The second kappa shape index (κ2) is 13.2. The van der Waals surface area contributed by atoms with Crippen LogP contribution in [0.3, 0.4) is 0 Å². The zero-order chi connectivity index (χ0) is 28.7. The number of hydrogen-bond donors (Lipinski definition) is 2. The first-order valence-electron chi connectivity index (χ1n) is 13.2. The molecule has 1 saturated heterocycles. The van der Waals surface area contributed by atoms with Crippen molar-refractivity contribution < 1.29 is 14.7 Å². The van der Waals surface area contributed by atoms with E-state index in [-0.39, 0.29) is 23.3 Å². The maximum absolute atomic E-state index is 12.2. The summed E-state index contributed by atoms with van der Waals surface area (Å²) in [4.78, 5) is 33.8. The van der Waals surface area contributed by atoms with Crippen molar-refractivity contribution in [2.45, 2.75) is 31.7 Å². The third-order valence-corrected chi connectivity index (χ3v) is 7.31. The molecular formula is C31H41N5O3. The van der Waals surface area contributed by atoms with Gasteiger partial charge in [0.2, 0.25) is 0 Å². The predicted molar refractivity (Wildman–Crippen MR) is 158 cm³/mol. The number of piperidine rings is 1. The lowest BCUT2D eigenvalue weighted by Crippen LogP contribution is -2.38. The van der Waals surface area contributed by atoms with Crippen molar-refractivity contribution in [1.29, 1.82) is 0 Å². The number of aliphatic imine (C=N–C) groups is 1. The van der Waals surface area contributed by atoms with Crippen molar-refractivity contribution >= 4 is 18.1 Å². The van der Waals surface area contributed by atoms with E-state index in [9.17, 15) is 14.7 Å². The summed E-state index contributed by atoms with van der Waals surface area (Å²) in [6.07, 6.45) is 11.3. The van der Waals surface area contributed by atoms with Crippen LogP contribution in [-0.4, -0.2) is 91.8 Å². The molecule has 8 nitrogen and oxygen atoms in total. The fraction of sp³-hybridized carbons (Fsp3) is 0.387. The molecule has 1 fully saturated rings. The first-order chi connectivity index (χ1) is 18.5. The van der Waals surface area contributed by atoms with E-state index in [1.807, 2.05) is 24.3 Å². The van der Waals surface area contributed by atoms with E-state index in [0.717, 1.165) is 49.2 Å². The second-order valence-corrected chi connectivity index (χ2v) is 10.4. The molecule has 0 spiro atoms. The molecule has 8 heteroatoms. The maximum atomic E-state index is 12.2. The van der Waals surface area contributed by atoms with Crippen LogP contribution in [0.1, 0.15) is 41.6 Å². The number of carbonyl (C=O) groups excluding carboxylic acids is 1. The van der Waals surface area contributed by atoms with Crippen LogP contribution in [0.4, 0.5) is 0 Å². The van der Waals surface area contributed by atoms with Crippen LogP contribution in [0.15, 0.2) is 88.3 Å². The smallest absolute Gasteiger partial charge is 0.354 e. The maximum Gasteiger partial charge on any atom is 0.354 e. The number of allylic oxidation sites excluding steroid dienone is 3. The van der Waals surface area contributed by atoms with Crippen LogP contribution in [0, 0.1) is 0 Å². The lowest BCUT2D eigenvalue weighted by molar-refractivity contribution is -0.134. The lowest BCUT2D eigenvalue weighted by atomic mass is 9.88. The lowest BCUT2D eigenvalue weighted by Gasteiger charge is -2.34. The number of amides is 1. The Kier molecular flexibility index (Phi) is 10.1. The zero-order valence-corrected chi connectivity index (χ0v) is 23.7. The van der Waals surface area contributed by atoms with Crippen molar-refractivity contribution in [2.24, 2.45) is 10.7 Å². The summed E-state index contributed by atoms with van der Waals surface area (Å²) in [5, 5.41) is 9.65. The monoisotopic (exact) mass is 531 g/mol. The number of carboxylic acids is 1. The van der Waals surface area contributed by atoms with Crippen LogP contribution in [0.25, 0.3) is 0 Å². The summed E-state index contributed by atoms with van der Waals surface area (Å²) in [6.45, 7) is 9.23. The van der Waals surface area contributed by atoms with Crippen molar-refractivity contribution in [1.82, 2.24) is 14.7 Å². The number of hydrogen-bond acceptors (Lipinski definition) is 6. The Bertz CT molecular complexity index is 1230. The van der Waals surface area contributed by atoms with Gasteiger partial charge in [-0.25, -0.2) is 4.79 Å². The Morgan fingerprint density at radius 2 is 1.85 bits per heavy atom. The van der Waals surface area contributed by atoms with Gasteiger partial charge in [0.05, 0.1) is 11.7 Å². The van der Waals surface area contributed by atoms with Crippen LogP contribution in [0.5, 0.6) is 0 Å². The zero-order valence-electron chi connectivity index (χ0n) is 23.7. The number of likely N-dealkylation sites (N-methyl/N-ethyl adjacent to an activating group) is 1.